The van der Waals surface area contributed by atoms with Gasteiger partial charge >= 0.3 is 0 Å². The van der Waals surface area contributed by atoms with Crippen LogP contribution in [0.15, 0.2) is 18.2 Å². The Kier molecular flexibility index (Phi) is 5.95. The Labute approximate surface area is 134 Å². The molecular weight excluding hydrogens is 280 g/mol. The topological polar surface area (TPSA) is 29.3 Å². The largest absolute Gasteiger partial charge is 0.370 e. The maximum Gasteiger partial charge on any atom is 0.0642 e. The predicted octanol–water partition coefficient (Wildman–Crippen LogP) is 4.63. The van der Waals surface area contributed by atoms with Crippen LogP contribution in [0.4, 0.5) is 5.69 Å². The van der Waals surface area contributed by atoms with Crippen LogP contribution in [0.25, 0.3) is 0 Å². The smallest absolute Gasteiger partial charge is 0.0642 e. The van der Waals surface area contributed by atoms with Crippen molar-refractivity contribution in [3.63, 3.8) is 0 Å². The third kappa shape index (κ3) is 4.14. The zero-order valence-electron chi connectivity index (χ0n) is 13.6. The van der Waals surface area contributed by atoms with Gasteiger partial charge in [-0.05, 0) is 56.1 Å². The van der Waals surface area contributed by atoms with E-state index in [9.17, 15) is 0 Å². The van der Waals surface area contributed by atoms with Crippen LogP contribution in [0.5, 0.6) is 0 Å². The van der Waals surface area contributed by atoms with Crippen molar-refractivity contribution in [2.24, 2.45) is 11.7 Å². The van der Waals surface area contributed by atoms with Gasteiger partial charge in [0.05, 0.1) is 10.7 Å². The third-order valence-electron chi connectivity index (χ3n) is 4.96. The molecule has 1 saturated carbocycles. The van der Waals surface area contributed by atoms with E-state index in [4.69, 9.17) is 17.3 Å². The van der Waals surface area contributed by atoms with Crippen molar-refractivity contribution in [3.05, 3.63) is 28.8 Å². The zero-order chi connectivity index (χ0) is 15.4. The standard InChI is InChI=1S/C18H29ClN2/c1-4-15(20)12-14-6-5-7-17(19)18(14)21(3)16-10-8-13(2)9-11-16/h5-7,13,15-16H,4,8-12,20H2,1-3H3. The lowest BCUT2D eigenvalue weighted by Gasteiger charge is -2.36. The molecule has 0 saturated heterocycles. The summed E-state index contributed by atoms with van der Waals surface area (Å²) in [6, 6.07) is 7.04. The lowest BCUT2D eigenvalue weighted by atomic mass is 9.86. The number of halogens is 1. The summed E-state index contributed by atoms with van der Waals surface area (Å²) in [4.78, 5) is 2.41. The van der Waals surface area contributed by atoms with Crippen molar-refractivity contribution in [1.29, 1.82) is 0 Å². The number of nitrogens with zero attached hydrogens (tertiary/aromatic N) is 1. The molecule has 0 aromatic heterocycles. The number of anilines is 1. The first-order valence-corrected chi connectivity index (χ1v) is 8.66. The highest BCUT2D eigenvalue weighted by atomic mass is 35.5. The van der Waals surface area contributed by atoms with E-state index in [2.05, 4.69) is 31.9 Å². The minimum Gasteiger partial charge on any atom is -0.370 e. The summed E-state index contributed by atoms with van der Waals surface area (Å²) in [5, 5.41) is 0.858. The van der Waals surface area contributed by atoms with E-state index in [1.165, 1.54) is 36.9 Å². The lowest BCUT2D eigenvalue weighted by Crippen LogP contribution is -2.36. The molecular formula is C18H29ClN2. The van der Waals surface area contributed by atoms with E-state index in [1.54, 1.807) is 0 Å². The summed E-state index contributed by atoms with van der Waals surface area (Å²) in [5.41, 5.74) is 8.65. The summed E-state index contributed by atoms with van der Waals surface area (Å²) in [6.07, 6.45) is 7.08. The van der Waals surface area contributed by atoms with Gasteiger partial charge in [-0.1, -0.05) is 37.6 Å². The van der Waals surface area contributed by atoms with Crippen LogP contribution in [0.3, 0.4) is 0 Å². The van der Waals surface area contributed by atoms with Crippen LogP contribution in [-0.4, -0.2) is 19.1 Å². The number of nitrogens with two attached hydrogens (primary N) is 1. The van der Waals surface area contributed by atoms with E-state index in [0.29, 0.717) is 6.04 Å². The average molecular weight is 309 g/mol. The van der Waals surface area contributed by atoms with Crippen molar-refractivity contribution in [2.45, 2.75) is 64.5 Å². The van der Waals surface area contributed by atoms with E-state index < -0.39 is 0 Å². The Hall–Kier alpha value is -0.730. The number of hydrogen-bond acceptors (Lipinski definition) is 2. The molecule has 1 aliphatic carbocycles. The normalized spacial score (nSPS) is 23.9. The van der Waals surface area contributed by atoms with Gasteiger partial charge in [-0.2, -0.15) is 0 Å². The molecule has 118 valence electrons. The van der Waals surface area contributed by atoms with Gasteiger partial charge in [-0.15, -0.1) is 0 Å². The number of para-hydroxylation sites is 1. The van der Waals surface area contributed by atoms with Crippen molar-refractivity contribution in [1.82, 2.24) is 0 Å². The molecule has 3 heteroatoms. The molecule has 2 nitrogen and oxygen atoms in total. The van der Waals surface area contributed by atoms with Gasteiger partial charge in [0.1, 0.15) is 0 Å². The second-order valence-corrected chi connectivity index (χ2v) is 7.05. The molecule has 1 aliphatic rings. The Bertz CT molecular complexity index is 453. The Morgan fingerprint density at radius 1 is 1.29 bits per heavy atom. The van der Waals surface area contributed by atoms with Crippen molar-refractivity contribution in [3.8, 4) is 0 Å². The van der Waals surface area contributed by atoms with Gasteiger partial charge in [-0.25, -0.2) is 0 Å². The summed E-state index contributed by atoms with van der Waals surface area (Å²) in [6.45, 7) is 4.50. The van der Waals surface area contributed by atoms with Crippen molar-refractivity contribution >= 4 is 17.3 Å². The highest BCUT2D eigenvalue weighted by Gasteiger charge is 2.24. The minimum atomic E-state index is 0.210. The molecule has 0 radical (unpaired) electrons. The molecule has 1 fully saturated rings. The van der Waals surface area contributed by atoms with Gasteiger partial charge in [0.15, 0.2) is 0 Å². The van der Waals surface area contributed by atoms with Crippen LogP contribution in [0, 0.1) is 5.92 Å². The predicted molar refractivity (Wildman–Crippen MR) is 93.2 cm³/mol. The SMILES string of the molecule is CCC(N)Cc1cccc(Cl)c1N(C)C1CCC(C)CC1. The number of rotatable bonds is 5. The monoisotopic (exact) mass is 308 g/mol. The highest BCUT2D eigenvalue weighted by molar-refractivity contribution is 6.33. The van der Waals surface area contributed by atoms with E-state index >= 15 is 0 Å². The van der Waals surface area contributed by atoms with Gasteiger partial charge < -0.3 is 10.6 Å². The zero-order valence-corrected chi connectivity index (χ0v) is 14.4. The Morgan fingerprint density at radius 2 is 1.95 bits per heavy atom. The van der Waals surface area contributed by atoms with Gasteiger partial charge in [0.25, 0.3) is 0 Å². The molecule has 2 rings (SSSR count). The second kappa shape index (κ2) is 7.51. The molecule has 1 aromatic carbocycles. The maximum absolute atomic E-state index is 6.52. The first-order valence-electron chi connectivity index (χ1n) is 8.28. The Morgan fingerprint density at radius 3 is 2.57 bits per heavy atom. The van der Waals surface area contributed by atoms with Crippen LogP contribution in [0.1, 0.15) is 51.5 Å². The molecule has 1 atom stereocenters. The fourth-order valence-electron chi connectivity index (χ4n) is 3.36. The molecule has 21 heavy (non-hydrogen) atoms. The molecule has 0 spiro atoms. The van der Waals surface area contributed by atoms with E-state index in [1.807, 2.05) is 12.1 Å². The summed E-state index contributed by atoms with van der Waals surface area (Å²) in [5.74, 6) is 0.869. The lowest BCUT2D eigenvalue weighted by molar-refractivity contribution is 0.340. The van der Waals surface area contributed by atoms with Crippen molar-refractivity contribution < 1.29 is 0 Å². The Balaban J connectivity index is 2.20. The van der Waals surface area contributed by atoms with Crippen LogP contribution in [0.2, 0.25) is 5.02 Å². The fourth-order valence-corrected chi connectivity index (χ4v) is 3.69. The average Bonchev–Trinajstić information content (AvgIpc) is 2.47. The molecule has 0 bridgehead atoms. The number of benzene rings is 1. The summed E-state index contributed by atoms with van der Waals surface area (Å²) in [7, 11) is 2.20. The van der Waals surface area contributed by atoms with E-state index in [-0.39, 0.29) is 6.04 Å². The molecule has 1 aromatic rings. The third-order valence-corrected chi connectivity index (χ3v) is 5.27. The van der Waals surface area contributed by atoms with E-state index in [0.717, 1.165) is 23.8 Å². The molecule has 0 heterocycles. The van der Waals surface area contributed by atoms with Crippen LogP contribution < -0.4 is 10.6 Å². The molecule has 0 amide bonds. The van der Waals surface area contributed by atoms with Crippen molar-refractivity contribution in [2.75, 3.05) is 11.9 Å². The first kappa shape index (κ1) is 16.6. The summed E-state index contributed by atoms with van der Waals surface area (Å²) < 4.78 is 0. The van der Waals surface area contributed by atoms with Crippen LogP contribution in [-0.2, 0) is 6.42 Å². The molecule has 0 aliphatic heterocycles. The minimum absolute atomic E-state index is 0.210. The molecule has 2 N–H and O–H groups in total. The maximum atomic E-state index is 6.52. The molecule has 1 unspecified atom stereocenters. The van der Waals surface area contributed by atoms with Gasteiger partial charge in [-0.3, -0.25) is 0 Å². The summed E-state index contributed by atoms with van der Waals surface area (Å²) >= 11 is 6.52. The fraction of sp³-hybridized carbons (Fsp3) is 0.667. The highest BCUT2D eigenvalue weighted by Crippen LogP contribution is 2.35. The quantitative estimate of drug-likeness (QED) is 0.859. The first-order chi connectivity index (χ1) is 10.0. The van der Waals surface area contributed by atoms with Crippen LogP contribution >= 0.6 is 11.6 Å². The van der Waals surface area contributed by atoms with Gasteiger partial charge in [0, 0.05) is 19.1 Å². The second-order valence-electron chi connectivity index (χ2n) is 6.64. The number of hydrogen-bond donors (Lipinski definition) is 1. The van der Waals surface area contributed by atoms with Gasteiger partial charge in [0.2, 0.25) is 0 Å².